The van der Waals surface area contributed by atoms with Crippen molar-refractivity contribution in [2.75, 3.05) is 0 Å². The summed E-state index contributed by atoms with van der Waals surface area (Å²) in [4.78, 5) is 8.67. The minimum Gasteiger partial charge on any atom is -0.409 e. The Bertz CT molecular complexity index is 604. The van der Waals surface area contributed by atoms with Crippen LogP contribution >= 0.6 is 0 Å². The van der Waals surface area contributed by atoms with Gasteiger partial charge >= 0.3 is 0 Å². The number of nitrogens with two attached hydrogens (primary N) is 1. The van der Waals surface area contributed by atoms with Crippen molar-refractivity contribution in [1.29, 1.82) is 0 Å². The van der Waals surface area contributed by atoms with Gasteiger partial charge in [-0.25, -0.2) is 9.97 Å². The van der Waals surface area contributed by atoms with Gasteiger partial charge in [-0.15, -0.1) is 5.10 Å². The SMILES string of the molecule is CCc1nc(CC)n(-c2cc(C(N)=NO)ccn2)n1. The van der Waals surface area contributed by atoms with Crippen LogP contribution in [0.4, 0.5) is 0 Å². The number of rotatable bonds is 4. The first-order chi connectivity index (χ1) is 9.19. The first kappa shape index (κ1) is 13.0. The van der Waals surface area contributed by atoms with E-state index in [-0.39, 0.29) is 5.84 Å². The van der Waals surface area contributed by atoms with E-state index in [0.29, 0.717) is 11.4 Å². The van der Waals surface area contributed by atoms with Gasteiger partial charge in [0.25, 0.3) is 0 Å². The number of amidine groups is 1. The molecule has 19 heavy (non-hydrogen) atoms. The highest BCUT2D eigenvalue weighted by Crippen LogP contribution is 2.10. The number of oxime groups is 1. The van der Waals surface area contributed by atoms with Gasteiger partial charge in [0.05, 0.1) is 0 Å². The molecule has 0 fully saturated rings. The van der Waals surface area contributed by atoms with E-state index in [1.165, 1.54) is 0 Å². The minimum atomic E-state index is 0.0394. The van der Waals surface area contributed by atoms with Crippen LogP contribution in [0.25, 0.3) is 5.82 Å². The van der Waals surface area contributed by atoms with E-state index in [1.807, 2.05) is 13.8 Å². The van der Waals surface area contributed by atoms with Crippen LogP contribution in [0.3, 0.4) is 0 Å². The number of pyridine rings is 1. The van der Waals surface area contributed by atoms with Crippen molar-refractivity contribution in [3.8, 4) is 5.82 Å². The van der Waals surface area contributed by atoms with Crippen LogP contribution in [0.15, 0.2) is 23.5 Å². The van der Waals surface area contributed by atoms with Crippen molar-refractivity contribution in [2.24, 2.45) is 10.9 Å². The van der Waals surface area contributed by atoms with Crippen LogP contribution in [0.2, 0.25) is 0 Å². The van der Waals surface area contributed by atoms with Crippen LogP contribution in [0.1, 0.15) is 31.1 Å². The second kappa shape index (κ2) is 5.47. The zero-order chi connectivity index (χ0) is 13.8. The molecule has 100 valence electrons. The van der Waals surface area contributed by atoms with E-state index in [4.69, 9.17) is 10.9 Å². The highest BCUT2D eigenvalue weighted by molar-refractivity contribution is 5.97. The molecule has 0 aliphatic heterocycles. The highest BCUT2D eigenvalue weighted by atomic mass is 16.4. The quantitative estimate of drug-likeness (QED) is 0.368. The molecule has 0 saturated carbocycles. The van der Waals surface area contributed by atoms with E-state index in [1.54, 1.807) is 23.0 Å². The summed E-state index contributed by atoms with van der Waals surface area (Å²) in [6.45, 7) is 4.01. The normalized spacial score (nSPS) is 11.8. The van der Waals surface area contributed by atoms with Crippen molar-refractivity contribution >= 4 is 5.84 Å². The Hall–Kier alpha value is -2.44. The van der Waals surface area contributed by atoms with Crippen molar-refractivity contribution in [3.63, 3.8) is 0 Å². The van der Waals surface area contributed by atoms with E-state index in [0.717, 1.165) is 24.5 Å². The zero-order valence-electron chi connectivity index (χ0n) is 10.9. The molecule has 2 aromatic heterocycles. The summed E-state index contributed by atoms with van der Waals surface area (Å²) < 4.78 is 1.69. The van der Waals surface area contributed by atoms with E-state index >= 15 is 0 Å². The molecule has 7 heteroatoms. The third-order valence-electron chi connectivity index (χ3n) is 2.72. The molecule has 0 aliphatic carbocycles. The molecule has 0 aromatic carbocycles. The maximum Gasteiger partial charge on any atom is 0.170 e. The van der Waals surface area contributed by atoms with Crippen LogP contribution < -0.4 is 5.73 Å². The first-order valence-electron chi connectivity index (χ1n) is 6.08. The van der Waals surface area contributed by atoms with Gasteiger partial charge in [0.2, 0.25) is 0 Å². The highest BCUT2D eigenvalue weighted by Gasteiger charge is 2.11. The van der Waals surface area contributed by atoms with Gasteiger partial charge in [-0.2, -0.15) is 4.68 Å². The molecule has 0 aliphatic rings. The van der Waals surface area contributed by atoms with Gasteiger partial charge in [-0.3, -0.25) is 0 Å². The van der Waals surface area contributed by atoms with E-state index in [2.05, 4.69) is 20.2 Å². The molecular weight excluding hydrogens is 244 g/mol. The van der Waals surface area contributed by atoms with Crippen LogP contribution in [0, 0.1) is 0 Å². The van der Waals surface area contributed by atoms with Gasteiger partial charge in [0, 0.05) is 24.6 Å². The van der Waals surface area contributed by atoms with Crippen molar-refractivity contribution in [2.45, 2.75) is 26.7 Å². The fraction of sp³-hybridized carbons (Fsp3) is 0.333. The molecule has 7 nitrogen and oxygen atoms in total. The topological polar surface area (TPSA) is 102 Å². The maximum absolute atomic E-state index is 8.70. The second-order valence-electron chi connectivity index (χ2n) is 3.95. The fourth-order valence-corrected chi connectivity index (χ4v) is 1.71. The largest absolute Gasteiger partial charge is 0.409 e. The minimum absolute atomic E-state index is 0.0394. The van der Waals surface area contributed by atoms with Crippen molar-refractivity contribution < 1.29 is 5.21 Å². The molecule has 3 N–H and O–H groups in total. The summed E-state index contributed by atoms with van der Waals surface area (Å²) in [6, 6.07) is 3.38. The van der Waals surface area contributed by atoms with Gasteiger partial charge in [0.1, 0.15) is 5.82 Å². The lowest BCUT2D eigenvalue weighted by atomic mass is 10.2. The molecule has 0 radical (unpaired) electrons. The molecule has 0 spiro atoms. The summed E-state index contributed by atoms with van der Waals surface area (Å²) in [6.07, 6.45) is 3.11. The van der Waals surface area contributed by atoms with Crippen LogP contribution in [0.5, 0.6) is 0 Å². The molecule has 0 amide bonds. The Morgan fingerprint density at radius 3 is 2.84 bits per heavy atom. The molecule has 2 heterocycles. The fourth-order valence-electron chi connectivity index (χ4n) is 1.71. The number of nitrogens with zero attached hydrogens (tertiary/aromatic N) is 5. The molecular formula is C12H16N6O. The summed E-state index contributed by atoms with van der Waals surface area (Å²) in [7, 11) is 0. The predicted molar refractivity (Wildman–Crippen MR) is 70.4 cm³/mol. The van der Waals surface area contributed by atoms with Gasteiger partial charge in [-0.05, 0) is 12.1 Å². The van der Waals surface area contributed by atoms with Crippen molar-refractivity contribution in [1.82, 2.24) is 19.7 Å². The number of aryl methyl sites for hydroxylation is 2. The molecule has 0 atom stereocenters. The summed E-state index contributed by atoms with van der Waals surface area (Å²) in [5.74, 6) is 2.25. The van der Waals surface area contributed by atoms with Crippen LogP contribution in [-0.2, 0) is 12.8 Å². The molecule has 2 aromatic rings. The number of hydrogen-bond donors (Lipinski definition) is 2. The van der Waals surface area contributed by atoms with Gasteiger partial charge in [-0.1, -0.05) is 19.0 Å². The Balaban J connectivity index is 2.49. The predicted octanol–water partition coefficient (Wildman–Crippen LogP) is 0.882. The van der Waals surface area contributed by atoms with Gasteiger partial charge < -0.3 is 10.9 Å². The number of hydrogen-bond acceptors (Lipinski definition) is 5. The Kier molecular flexibility index (Phi) is 3.74. The first-order valence-corrected chi connectivity index (χ1v) is 6.08. The lowest BCUT2D eigenvalue weighted by Crippen LogP contribution is -2.14. The average Bonchev–Trinajstić information content (AvgIpc) is 2.90. The third-order valence-corrected chi connectivity index (χ3v) is 2.72. The monoisotopic (exact) mass is 260 g/mol. The van der Waals surface area contributed by atoms with Crippen LogP contribution in [-0.4, -0.2) is 30.8 Å². The third kappa shape index (κ3) is 2.54. The molecule has 0 unspecified atom stereocenters. The van der Waals surface area contributed by atoms with Gasteiger partial charge in [0.15, 0.2) is 17.5 Å². The lowest BCUT2D eigenvalue weighted by Gasteiger charge is -2.05. The summed E-state index contributed by atoms with van der Waals surface area (Å²) >= 11 is 0. The van der Waals surface area contributed by atoms with Crippen molar-refractivity contribution in [3.05, 3.63) is 35.5 Å². The summed E-state index contributed by atoms with van der Waals surface area (Å²) in [5.41, 5.74) is 6.16. The molecule has 0 saturated heterocycles. The molecule has 0 bridgehead atoms. The van der Waals surface area contributed by atoms with E-state index < -0.39 is 0 Å². The summed E-state index contributed by atoms with van der Waals surface area (Å²) in [5, 5.41) is 16.1. The number of aromatic nitrogens is 4. The van der Waals surface area contributed by atoms with E-state index in [9.17, 15) is 0 Å². The average molecular weight is 260 g/mol. The Morgan fingerprint density at radius 2 is 2.21 bits per heavy atom. The Morgan fingerprint density at radius 1 is 1.42 bits per heavy atom. The zero-order valence-corrected chi connectivity index (χ0v) is 10.9. The second-order valence-corrected chi connectivity index (χ2v) is 3.95. The smallest absolute Gasteiger partial charge is 0.170 e. The lowest BCUT2D eigenvalue weighted by molar-refractivity contribution is 0.318. The molecule has 2 rings (SSSR count). The Labute approximate surface area is 110 Å². The standard InChI is InChI=1S/C12H16N6O/c1-3-9-15-10(4-2)18(16-9)11-7-8(5-6-14-11)12(13)17-19/h5-7,19H,3-4H2,1-2H3,(H2,13,17). The maximum atomic E-state index is 8.70.